The molecule has 0 spiro atoms. The molecule has 0 saturated heterocycles. The summed E-state index contributed by atoms with van der Waals surface area (Å²) in [6.45, 7) is 8.71. The Morgan fingerprint density at radius 3 is 2.28 bits per heavy atom. The Hall–Kier alpha value is -2.67. The van der Waals surface area contributed by atoms with E-state index in [0.717, 1.165) is 12.1 Å². The molecule has 0 amide bonds. The first kappa shape index (κ1) is 15.8. The lowest BCUT2D eigenvalue weighted by atomic mass is 9.93. The summed E-state index contributed by atoms with van der Waals surface area (Å²) in [4.78, 5) is 4.79. The van der Waals surface area contributed by atoms with Gasteiger partial charge in [-0.15, -0.1) is 0 Å². The van der Waals surface area contributed by atoms with E-state index in [9.17, 15) is 0 Å². The molecule has 124 valence electrons. The van der Waals surface area contributed by atoms with Gasteiger partial charge < -0.3 is 0 Å². The van der Waals surface area contributed by atoms with E-state index in [2.05, 4.69) is 76.2 Å². The van der Waals surface area contributed by atoms with E-state index in [-0.39, 0.29) is 0 Å². The predicted octanol–water partition coefficient (Wildman–Crippen LogP) is 6.54. The fourth-order valence-electron chi connectivity index (χ4n) is 3.88. The summed E-state index contributed by atoms with van der Waals surface area (Å²) < 4.78 is 0. The molecular weight excluding hydrogens is 302 g/mol. The zero-order valence-electron chi connectivity index (χ0n) is 15.4. The van der Waals surface area contributed by atoms with Gasteiger partial charge >= 0.3 is 0 Å². The molecule has 4 rings (SSSR count). The van der Waals surface area contributed by atoms with Crippen molar-refractivity contribution in [2.75, 3.05) is 0 Å². The molecule has 25 heavy (non-hydrogen) atoms. The Labute approximate surface area is 149 Å². The van der Waals surface area contributed by atoms with Crippen molar-refractivity contribution in [3.8, 4) is 11.3 Å². The smallest absolute Gasteiger partial charge is 0.0786 e. The highest BCUT2D eigenvalue weighted by Crippen LogP contribution is 2.35. The van der Waals surface area contributed by atoms with Crippen molar-refractivity contribution in [3.63, 3.8) is 0 Å². The zero-order chi connectivity index (χ0) is 17.6. The van der Waals surface area contributed by atoms with Crippen LogP contribution in [0.2, 0.25) is 0 Å². The van der Waals surface area contributed by atoms with E-state index in [0.29, 0.717) is 0 Å². The van der Waals surface area contributed by atoms with Crippen molar-refractivity contribution in [2.45, 2.75) is 34.1 Å². The maximum atomic E-state index is 4.79. The highest BCUT2D eigenvalue weighted by Gasteiger charge is 2.12. The minimum atomic E-state index is 1.06. The minimum absolute atomic E-state index is 1.06. The summed E-state index contributed by atoms with van der Waals surface area (Å²) in [6, 6.07) is 18.0. The Morgan fingerprint density at radius 1 is 0.800 bits per heavy atom. The SMILES string of the molecule is CCc1ccc2c(c1)cc(C)c1ccnc(-c3cc(C)cc(C)c3)c12. The number of aromatic nitrogens is 1. The second kappa shape index (κ2) is 6.00. The van der Waals surface area contributed by atoms with Crippen LogP contribution in [0.4, 0.5) is 0 Å². The van der Waals surface area contributed by atoms with Crippen LogP contribution >= 0.6 is 0 Å². The molecule has 0 atom stereocenters. The van der Waals surface area contributed by atoms with Gasteiger partial charge in [0.15, 0.2) is 0 Å². The molecule has 3 aromatic carbocycles. The Bertz CT molecular complexity index is 1090. The lowest BCUT2D eigenvalue weighted by Gasteiger charge is -2.13. The molecule has 0 radical (unpaired) electrons. The molecule has 1 heterocycles. The summed E-state index contributed by atoms with van der Waals surface area (Å²) in [7, 11) is 0. The van der Waals surface area contributed by atoms with E-state index in [1.54, 1.807) is 0 Å². The van der Waals surface area contributed by atoms with E-state index < -0.39 is 0 Å². The third-order valence-electron chi connectivity index (χ3n) is 5.04. The highest BCUT2D eigenvalue weighted by atomic mass is 14.7. The molecule has 0 aliphatic carbocycles. The Balaban J connectivity index is 2.15. The van der Waals surface area contributed by atoms with Gasteiger partial charge in [0.25, 0.3) is 0 Å². The minimum Gasteiger partial charge on any atom is -0.256 e. The normalized spacial score (nSPS) is 11.4. The van der Waals surface area contributed by atoms with E-state index in [1.165, 1.54) is 49.4 Å². The second-order valence-electron chi connectivity index (χ2n) is 7.06. The maximum Gasteiger partial charge on any atom is 0.0786 e. The van der Waals surface area contributed by atoms with Gasteiger partial charge in [-0.25, -0.2) is 0 Å². The summed E-state index contributed by atoms with van der Waals surface area (Å²) in [5.74, 6) is 0. The average Bonchev–Trinajstić information content (AvgIpc) is 2.60. The largest absolute Gasteiger partial charge is 0.256 e. The van der Waals surface area contributed by atoms with Gasteiger partial charge in [-0.1, -0.05) is 48.4 Å². The van der Waals surface area contributed by atoms with Crippen molar-refractivity contribution in [3.05, 3.63) is 77.0 Å². The summed E-state index contributed by atoms with van der Waals surface area (Å²) in [5.41, 5.74) is 7.53. The summed E-state index contributed by atoms with van der Waals surface area (Å²) in [6.07, 6.45) is 3.00. The number of hydrogen-bond donors (Lipinski definition) is 0. The molecule has 0 fully saturated rings. The number of hydrogen-bond acceptors (Lipinski definition) is 1. The number of nitrogens with zero attached hydrogens (tertiary/aromatic N) is 1. The van der Waals surface area contributed by atoms with Gasteiger partial charge in [0.2, 0.25) is 0 Å². The van der Waals surface area contributed by atoms with Crippen LogP contribution in [0.25, 0.3) is 32.8 Å². The average molecular weight is 325 g/mol. The molecule has 4 aromatic rings. The summed E-state index contributed by atoms with van der Waals surface area (Å²) >= 11 is 0. The molecule has 1 heteroatoms. The van der Waals surface area contributed by atoms with Gasteiger partial charge in [-0.2, -0.15) is 0 Å². The van der Waals surface area contributed by atoms with Crippen LogP contribution in [0.5, 0.6) is 0 Å². The number of benzene rings is 3. The van der Waals surface area contributed by atoms with Gasteiger partial charge in [0.1, 0.15) is 0 Å². The molecule has 0 saturated carbocycles. The van der Waals surface area contributed by atoms with Crippen molar-refractivity contribution < 1.29 is 0 Å². The van der Waals surface area contributed by atoms with Crippen LogP contribution in [0.1, 0.15) is 29.2 Å². The van der Waals surface area contributed by atoms with Crippen LogP contribution < -0.4 is 0 Å². The Morgan fingerprint density at radius 2 is 1.56 bits per heavy atom. The molecule has 0 bridgehead atoms. The Kier molecular flexibility index (Phi) is 3.80. The quantitative estimate of drug-likeness (QED) is 0.381. The fourth-order valence-corrected chi connectivity index (χ4v) is 3.88. The first-order valence-electron chi connectivity index (χ1n) is 8.96. The van der Waals surface area contributed by atoms with E-state index >= 15 is 0 Å². The number of fused-ring (bicyclic) bond motifs is 3. The number of rotatable bonds is 2. The molecule has 1 nitrogen and oxygen atoms in total. The van der Waals surface area contributed by atoms with E-state index in [1.807, 2.05) is 6.20 Å². The van der Waals surface area contributed by atoms with Crippen LogP contribution in [-0.2, 0) is 6.42 Å². The van der Waals surface area contributed by atoms with Crippen LogP contribution in [-0.4, -0.2) is 4.98 Å². The highest BCUT2D eigenvalue weighted by molar-refractivity contribution is 6.14. The standard InChI is InChI=1S/C24H23N/c1-5-18-6-7-22-19(14-18)13-17(4)21-8-9-25-24(23(21)22)20-11-15(2)10-16(3)12-20/h6-14H,5H2,1-4H3. The predicted molar refractivity (Wildman–Crippen MR) is 108 cm³/mol. The zero-order valence-corrected chi connectivity index (χ0v) is 15.4. The molecule has 0 aliphatic rings. The molecule has 0 N–H and O–H groups in total. The molecular formula is C24H23N. The van der Waals surface area contributed by atoms with Crippen molar-refractivity contribution in [2.24, 2.45) is 0 Å². The summed E-state index contributed by atoms with van der Waals surface area (Å²) in [5, 5.41) is 5.16. The van der Waals surface area contributed by atoms with Crippen LogP contribution in [0.15, 0.2) is 54.7 Å². The first-order chi connectivity index (χ1) is 12.1. The topological polar surface area (TPSA) is 12.9 Å². The lowest BCUT2D eigenvalue weighted by Crippen LogP contribution is -1.92. The fraction of sp³-hybridized carbons (Fsp3) is 0.208. The van der Waals surface area contributed by atoms with Crippen molar-refractivity contribution in [1.82, 2.24) is 4.98 Å². The van der Waals surface area contributed by atoms with Gasteiger partial charge in [0, 0.05) is 17.1 Å². The maximum absolute atomic E-state index is 4.79. The molecule has 0 aliphatic heterocycles. The van der Waals surface area contributed by atoms with Crippen molar-refractivity contribution >= 4 is 21.5 Å². The number of aryl methyl sites for hydroxylation is 4. The second-order valence-corrected chi connectivity index (χ2v) is 7.06. The van der Waals surface area contributed by atoms with Gasteiger partial charge in [0.05, 0.1) is 5.69 Å². The van der Waals surface area contributed by atoms with Crippen molar-refractivity contribution in [1.29, 1.82) is 0 Å². The van der Waals surface area contributed by atoms with Crippen LogP contribution in [0.3, 0.4) is 0 Å². The van der Waals surface area contributed by atoms with Gasteiger partial charge in [-0.3, -0.25) is 4.98 Å². The first-order valence-corrected chi connectivity index (χ1v) is 8.96. The third-order valence-corrected chi connectivity index (χ3v) is 5.04. The van der Waals surface area contributed by atoms with Gasteiger partial charge in [-0.05, 0) is 72.7 Å². The lowest BCUT2D eigenvalue weighted by molar-refractivity contribution is 1.15. The molecule has 1 aromatic heterocycles. The molecule has 0 unspecified atom stereocenters. The number of pyridine rings is 1. The third kappa shape index (κ3) is 2.70. The van der Waals surface area contributed by atoms with Crippen LogP contribution in [0, 0.1) is 20.8 Å². The van der Waals surface area contributed by atoms with E-state index in [4.69, 9.17) is 4.98 Å². The monoisotopic (exact) mass is 325 g/mol.